The van der Waals surface area contributed by atoms with Gasteiger partial charge in [0.25, 0.3) is 11.8 Å². The Bertz CT molecular complexity index is 933. The third-order valence-corrected chi connectivity index (χ3v) is 5.58. The molecule has 1 heterocycles. The molecule has 2 amide bonds. The molecule has 2 aromatic carbocycles. The molecule has 0 spiro atoms. The number of amides is 2. The molecule has 5 heteroatoms. The molecule has 0 bridgehead atoms. The zero-order valence-corrected chi connectivity index (χ0v) is 16.7. The maximum absolute atomic E-state index is 13.2. The second-order valence-electron chi connectivity index (χ2n) is 6.60. The van der Waals surface area contributed by atoms with Gasteiger partial charge in [-0.1, -0.05) is 49.7 Å². The Labute approximate surface area is 163 Å². The lowest BCUT2D eigenvalue weighted by Gasteiger charge is -2.15. The van der Waals surface area contributed by atoms with Crippen LogP contribution in [0.2, 0.25) is 5.02 Å². The standard InChI is InChI=1S/C21H20ClNO2S/c1-12(2)26-19-18(15-9-8-13(3)14(4)10-15)20(24)23(21(19)25)17-7-5-6-16(22)11-17/h5-12H,1-4H3. The molecule has 1 aliphatic rings. The van der Waals surface area contributed by atoms with Crippen LogP contribution in [0.1, 0.15) is 30.5 Å². The van der Waals surface area contributed by atoms with E-state index >= 15 is 0 Å². The quantitative estimate of drug-likeness (QED) is 0.663. The van der Waals surface area contributed by atoms with Crippen molar-refractivity contribution in [2.75, 3.05) is 4.90 Å². The average Bonchev–Trinajstić information content (AvgIpc) is 2.80. The van der Waals surface area contributed by atoms with Gasteiger partial charge >= 0.3 is 0 Å². The van der Waals surface area contributed by atoms with Crippen molar-refractivity contribution in [2.45, 2.75) is 32.9 Å². The molecule has 0 radical (unpaired) electrons. The van der Waals surface area contributed by atoms with Crippen LogP contribution in [0.25, 0.3) is 5.57 Å². The summed E-state index contributed by atoms with van der Waals surface area (Å²) in [5.74, 6) is -0.590. The number of imide groups is 1. The molecule has 0 saturated heterocycles. The first kappa shape index (κ1) is 18.7. The van der Waals surface area contributed by atoms with E-state index in [0.29, 0.717) is 21.2 Å². The minimum atomic E-state index is -0.302. The molecule has 3 nitrogen and oxygen atoms in total. The van der Waals surface area contributed by atoms with Crippen LogP contribution in [0.3, 0.4) is 0 Å². The molecule has 0 aromatic heterocycles. The number of carbonyl (C=O) groups excluding carboxylic acids is 2. The number of hydrogen-bond acceptors (Lipinski definition) is 3. The van der Waals surface area contributed by atoms with Crippen LogP contribution >= 0.6 is 23.4 Å². The second-order valence-corrected chi connectivity index (χ2v) is 8.62. The molecular weight excluding hydrogens is 366 g/mol. The number of rotatable bonds is 4. The first-order valence-corrected chi connectivity index (χ1v) is 9.68. The summed E-state index contributed by atoms with van der Waals surface area (Å²) in [6.45, 7) is 8.05. The molecule has 0 fully saturated rings. The van der Waals surface area contributed by atoms with Crippen LogP contribution in [0.5, 0.6) is 0 Å². The van der Waals surface area contributed by atoms with Crippen molar-refractivity contribution in [2.24, 2.45) is 0 Å². The minimum Gasteiger partial charge on any atom is -0.268 e. The summed E-state index contributed by atoms with van der Waals surface area (Å²) >= 11 is 7.49. The summed E-state index contributed by atoms with van der Waals surface area (Å²) in [6, 6.07) is 12.7. The van der Waals surface area contributed by atoms with Crippen LogP contribution < -0.4 is 4.90 Å². The predicted molar refractivity (Wildman–Crippen MR) is 110 cm³/mol. The summed E-state index contributed by atoms with van der Waals surface area (Å²) in [5, 5.41) is 0.670. The summed E-state index contributed by atoms with van der Waals surface area (Å²) in [5.41, 5.74) is 3.98. The highest BCUT2D eigenvalue weighted by atomic mass is 35.5. The molecule has 0 aliphatic carbocycles. The molecule has 2 aromatic rings. The lowest BCUT2D eigenvalue weighted by atomic mass is 10.0. The third kappa shape index (κ3) is 3.44. The van der Waals surface area contributed by atoms with E-state index in [1.54, 1.807) is 24.3 Å². The van der Waals surface area contributed by atoms with Gasteiger partial charge < -0.3 is 0 Å². The van der Waals surface area contributed by atoms with Crippen LogP contribution in [-0.4, -0.2) is 17.1 Å². The number of benzene rings is 2. The van der Waals surface area contributed by atoms with Crippen LogP contribution in [-0.2, 0) is 9.59 Å². The van der Waals surface area contributed by atoms with Crippen molar-refractivity contribution in [3.63, 3.8) is 0 Å². The molecular formula is C21H20ClNO2S. The van der Waals surface area contributed by atoms with Gasteiger partial charge in [-0.2, -0.15) is 0 Å². The molecule has 0 unspecified atom stereocenters. The fourth-order valence-corrected chi connectivity index (χ4v) is 4.03. The topological polar surface area (TPSA) is 37.4 Å². The van der Waals surface area contributed by atoms with E-state index in [1.807, 2.05) is 45.9 Å². The van der Waals surface area contributed by atoms with Crippen LogP contribution in [0.15, 0.2) is 47.4 Å². The van der Waals surface area contributed by atoms with Crippen molar-refractivity contribution in [1.82, 2.24) is 0 Å². The molecule has 0 saturated carbocycles. The Morgan fingerprint density at radius 3 is 2.31 bits per heavy atom. The first-order chi connectivity index (χ1) is 12.3. The third-order valence-electron chi connectivity index (χ3n) is 4.26. The van der Waals surface area contributed by atoms with Gasteiger partial charge in [0.1, 0.15) is 0 Å². The number of anilines is 1. The normalized spacial score (nSPS) is 14.8. The van der Waals surface area contributed by atoms with E-state index in [2.05, 4.69) is 0 Å². The SMILES string of the molecule is Cc1ccc(C2=C(SC(C)C)C(=O)N(c3cccc(Cl)c3)C2=O)cc1C. The minimum absolute atomic E-state index is 0.183. The number of nitrogens with zero attached hydrogens (tertiary/aromatic N) is 1. The number of thioether (sulfide) groups is 1. The summed E-state index contributed by atoms with van der Waals surface area (Å²) in [7, 11) is 0. The van der Waals surface area contributed by atoms with Crippen molar-refractivity contribution in [1.29, 1.82) is 0 Å². The Morgan fingerprint density at radius 1 is 0.962 bits per heavy atom. The Balaban J connectivity index is 2.14. The molecule has 1 aliphatic heterocycles. The van der Waals surface area contributed by atoms with Gasteiger partial charge in [0, 0.05) is 10.3 Å². The predicted octanol–water partition coefficient (Wildman–Crippen LogP) is 5.38. The molecule has 0 atom stereocenters. The highest BCUT2D eigenvalue weighted by molar-refractivity contribution is 8.04. The molecule has 134 valence electrons. The maximum Gasteiger partial charge on any atom is 0.272 e. The fraction of sp³-hybridized carbons (Fsp3) is 0.238. The average molecular weight is 386 g/mol. The maximum atomic E-state index is 13.2. The smallest absolute Gasteiger partial charge is 0.268 e. The van der Waals surface area contributed by atoms with Gasteiger partial charge in [-0.05, 0) is 48.7 Å². The van der Waals surface area contributed by atoms with E-state index in [0.717, 1.165) is 16.7 Å². The summed E-state index contributed by atoms with van der Waals surface area (Å²) in [6.07, 6.45) is 0. The van der Waals surface area contributed by atoms with Crippen molar-refractivity contribution >= 4 is 46.4 Å². The van der Waals surface area contributed by atoms with E-state index in [9.17, 15) is 9.59 Å². The highest BCUT2D eigenvalue weighted by Gasteiger charge is 2.40. The Morgan fingerprint density at radius 2 is 1.69 bits per heavy atom. The van der Waals surface area contributed by atoms with E-state index in [1.165, 1.54) is 16.7 Å². The zero-order chi connectivity index (χ0) is 19.0. The zero-order valence-electron chi connectivity index (χ0n) is 15.2. The highest BCUT2D eigenvalue weighted by Crippen LogP contribution is 2.40. The number of halogens is 1. The summed E-state index contributed by atoms with van der Waals surface area (Å²) in [4.78, 5) is 28.0. The number of hydrogen-bond donors (Lipinski definition) is 0. The molecule has 3 rings (SSSR count). The largest absolute Gasteiger partial charge is 0.272 e. The lowest BCUT2D eigenvalue weighted by molar-refractivity contribution is -0.119. The van der Waals surface area contributed by atoms with Gasteiger partial charge in [-0.3, -0.25) is 9.59 Å². The van der Waals surface area contributed by atoms with E-state index in [4.69, 9.17) is 11.6 Å². The molecule has 26 heavy (non-hydrogen) atoms. The van der Waals surface area contributed by atoms with Crippen LogP contribution in [0, 0.1) is 13.8 Å². The first-order valence-electron chi connectivity index (χ1n) is 8.42. The lowest BCUT2D eigenvalue weighted by Crippen LogP contribution is -2.31. The van der Waals surface area contributed by atoms with E-state index in [-0.39, 0.29) is 17.1 Å². The van der Waals surface area contributed by atoms with Gasteiger partial charge in [-0.15, -0.1) is 11.8 Å². The van der Waals surface area contributed by atoms with Crippen molar-refractivity contribution < 1.29 is 9.59 Å². The van der Waals surface area contributed by atoms with Gasteiger partial charge in [0.15, 0.2) is 0 Å². The summed E-state index contributed by atoms with van der Waals surface area (Å²) < 4.78 is 0. The van der Waals surface area contributed by atoms with Gasteiger partial charge in [-0.25, -0.2) is 4.90 Å². The monoisotopic (exact) mass is 385 g/mol. The Kier molecular flexibility index (Phi) is 5.26. The fourth-order valence-electron chi connectivity index (χ4n) is 2.86. The van der Waals surface area contributed by atoms with E-state index < -0.39 is 0 Å². The van der Waals surface area contributed by atoms with Gasteiger partial charge in [0.05, 0.1) is 16.2 Å². The van der Waals surface area contributed by atoms with Gasteiger partial charge in [0.2, 0.25) is 0 Å². The van der Waals surface area contributed by atoms with Crippen molar-refractivity contribution in [3.05, 3.63) is 69.1 Å². The van der Waals surface area contributed by atoms with Crippen molar-refractivity contribution in [3.8, 4) is 0 Å². The molecule has 0 N–H and O–H groups in total. The second kappa shape index (κ2) is 7.29. The number of aryl methyl sites for hydroxylation is 2. The Hall–Kier alpha value is -2.04. The number of carbonyl (C=O) groups is 2. The van der Waals surface area contributed by atoms with Crippen LogP contribution in [0.4, 0.5) is 5.69 Å².